The van der Waals surface area contributed by atoms with Crippen molar-refractivity contribution in [2.75, 3.05) is 19.6 Å². The molecule has 0 bridgehead atoms. The molecule has 2 rings (SSSR count). The highest BCUT2D eigenvalue weighted by Crippen LogP contribution is 2.19. The van der Waals surface area contributed by atoms with Crippen molar-refractivity contribution in [2.45, 2.75) is 32.4 Å². The molecular formula is C12H19N5O3. The predicted octanol–water partition coefficient (Wildman–Crippen LogP) is -0.252. The molecule has 1 unspecified atom stereocenters. The maximum Gasteiger partial charge on any atom is 0.358 e. The van der Waals surface area contributed by atoms with Crippen LogP contribution in [0.5, 0.6) is 0 Å². The summed E-state index contributed by atoms with van der Waals surface area (Å²) in [5, 5.41) is 19.0. The number of nitrogens with zero attached hydrogens (tertiary/aromatic N) is 4. The average molecular weight is 281 g/mol. The Kier molecular flexibility index (Phi) is 4.33. The minimum atomic E-state index is -1.08. The van der Waals surface area contributed by atoms with Crippen molar-refractivity contribution >= 4 is 11.9 Å². The van der Waals surface area contributed by atoms with Gasteiger partial charge in [-0.05, 0) is 13.3 Å². The third-order valence-electron chi connectivity index (χ3n) is 3.43. The summed E-state index contributed by atoms with van der Waals surface area (Å²) in [7, 11) is 0. The van der Waals surface area contributed by atoms with E-state index in [9.17, 15) is 9.59 Å². The summed E-state index contributed by atoms with van der Waals surface area (Å²) < 4.78 is 1.55. The maximum atomic E-state index is 11.7. The molecule has 8 nitrogen and oxygen atoms in total. The van der Waals surface area contributed by atoms with Crippen molar-refractivity contribution in [2.24, 2.45) is 0 Å². The Hall–Kier alpha value is -1.96. The van der Waals surface area contributed by atoms with Crippen LogP contribution in [0.4, 0.5) is 0 Å². The van der Waals surface area contributed by atoms with Crippen LogP contribution in [0.2, 0.25) is 0 Å². The van der Waals surface area contributed by atoms with Crippen molar-refractivity contribution < 1.29 is 14.7 Å². The molecule has 1 atom stereocenters. The number of likely N-dealkylation sites (tertiary alicyclic amines) is 1. The quantitative estimate of drug-likeness (QED) is 0.745. The van der Waals surface area contributed by atoms with Crippen LogP contribution >= 0.6 is 0 Å². The largest absolute Gasteiger partial charge is 0.476 e. The van der Waals surface area contributed by atoms with Gasteiger partial charge in [-0.25, -0.2) is 9.48 Å². The van der Waals surface area contributed by atoms with Gasteiger partial charge in [-0.3, -0.25) is 9.69 Å². The number of amides is 1. The fraction of sp³-hybridized carbons (Fsp3) is 0.667. The van der Waals surface area contributed by atoms with Crippen molar-refractivity contribution in [3.63, 3.8) is 0 Å². The summed E-state index contributed by atoms with van der Waals surface area (Å²) in [5.74, 6) is -1.07. The Morgan fingerprint density at radius 3 is 2.80 bits per heavy atom. The summed E-state index contributed by atoms with van der Waals surface area (Å²) in [6.07, 6.45) is 2.33. The lowest BCUT2D eigenvalue weighted by atomic mass is 10.1. The molecule has 1 fully saturated rings. The number of rotatable bonds is 6. The Labute approximate surface area is 116 Å². The van der Waals surface area contributed by atoms with Gasteiger partial charge in [-0.1, -0.05) is 12.1 Å². The molecule has 20 heavy (non-hydrogen) atoms. The van der Waals surface area contributed by atoms with Gasteiger partial charge in [0.05, 0.1) is 18.8 Å². The third kappa shape index (κ3) is 3.32. The third-order valence-corrected chi connectivity index (χ3v) is 3.43. The average Bonchev–Trinajstić information content (AvgIpc) is 2.82. The van der Waals surface area contributed by atoms with Gasteiger partial charge in [-0.2, -0.15) is 0 Å². The normalized spacial score (nSPS) is 17.5. The van der Waals surface area contributed by atoms with Gasteiger partial charge in [0, 0.05) is 19.1 Å². The predicted molar refractivity (Wildman–Crippen MR) is 70.4 cm³/mol. The Morgan fingerprint density at radius 1 is 1.55 bits per heavy atom. The first-order valence-corrected chi connectivity index (χ1v) is 6.66. The molecule has 1 amide bonds. The van der Waals surface area contributed by atoms with Crippen molar-refractivity contribution in [1.29, 1.82) is 0 Å². The molecule has 0 saturated carbocycles. The first-order valence-electron chi connectivity index (χ1n) is 6.66. The van der Waals surface area contributed by atoms with Crippen LogP contribution in [-0.4, -0.2) is 62.6 Å². The molecule has 1 saturated heterocycles. The number of hydrogen-bond acceptors (Lipinski definition) is 5. The van der Waals surface area contributed by atoms with E-state index in [0.717, 1.165) is 6.42 Å². The van der Waals surface area contributed by atoms with E-state index >= 15 is 0 Å². The minimum absolute atomic E-state index is 0.0163. The highest BCUT2D eigenvalue weighted by Gasteiger charge is 2.31. The first kappa shape index (κ1) is 14.4. The highest BCUT2D eigenvalue weighted by atomic mass is 16.4. The van der Waals surface area contributed by atoms with Gasteiger partial charge >= 0.3 is 5.97 Å². The highest BCUT2D eigenvalue weighted by molar-refractivity contribution is 5.84. The number of carbonyl (C=O) groups is 2. The number of nitrogens with one attached hydrogen (secondary N) is 1. The van der Waals surface area contributed by atoms with Crippen LogP contribution < -0.4 is 5.32 Å². The van der Waals surface area contributed by atoms with Gasteiger partial charge < -0.3 is 10.4 Å². The molecule has 1 aromatic heterocycles. The van der Waals surface area contributed by atoms with E-state index in [0.29, 0.717) is 19.6 Å². The van der Waals surface area contributed by atoms with Gasteiger partial charge in [0.2, 0.25) is 5.91 Å². The second-order valence-electron chi connectivity index (χ2n) is 5.11. The number of carboxylic acids is 1. The topological polar surface area (TPSA) is 100 Å². The monoisotopic (exact) mass is 281 g/mol. The van der Waals surface area contributed by atoms with E-state index in [2.05, 4.69) is 15.6 Å². The van der Waals surface area contributed by atoms with E-state index in [-0.39, 0.29) is 23.7 Å². The van der Waals surface area contributed by atoms with Gasteiger partial charge in [0.15, 0.2) is 5.69 Å². The first-order chi connectivity index (χ1) is 9.49. The zero-order valence-corrected chi connectivity index (χ0v) is 11.6. The van der Waals surface area contributed by atoms with E-state index < -0.39 is 5.97 Å². The SMILES string of the molecule is CCC(C)NC(=O)CN1CC(n2cc(C(=O)O)nn2)C1. The standard InChI is InChI=1S/C12H19N5O3/c1-3-8(2)13-11(18)7-16-4-9(5-16)17-6-10(12(19)20)14-15-17/h6,8-9H,3-5,7H2,1-2H3,(H,13,18)(H,19,20). The molecule has 8 heteroatoms. The number of carbonyl (C=O) groups excluding carboxylic acids is 1. The molecule has 0 radical (unpaired) electrons. The molecular weight excluding hydrogens is 262 g/mol. The summed E-state index contributed by atoms with van der Waals surface area (Å²) in [5.41, 5.74) is -0.0574. The number of carboxylic acid groups (broad SMARTS) is 1. The van der Waals surface area contributed by atoms with Gasteiger partial charge in [0.25, 0.3) is 0 Å². The maximum absolute atomic E-state index is 11.7. The fourth-order valence-electron chi connectivity index (χ4n) is 2.02. The number of aromatic carboxylic acids is 1. The number of hydrogen-bond donors (Lipinski definition) is 2. The van der Waals surface area contributed by atoms with Gasteiger partial charge in [-0.15, -0.1) is 5.10 Å². The Balaban J connectivity index is 1.76. The van der Waals surface area contributed by atoms with Crippen molar-refractivity contribution in [3.05, 3.63) is 11.9 Å². The van der Waals surface area contributed by atoms with E-state index in [1.807, 2.05) is 18.7 Å². The summed E-state index contributed by atoms with van der Waals surface area (Å²) in [4.78, 5) is 24.4. The van der Waals surface area contributed by atoms with Crippen molar-refractivity contribution in [1.82, 2.24) is 25.2 Å². The van der Waals surface area contributed by atoms with Crippen molar-refractivity contribution in [3.8, 4) is 0 Å². The molecule has 0 aromatic carbocycles. The van der Waals surface area contributed by atoms with Crippen LogP contribution in [0.1, 0.15) is 36.8 Å². The molecule has 1 aromatic rings. The van der Waals surface area contributed by atoms with Crippen LogP contribution in [0, 0.1) is 0 Å². The van der Waals surface area contributed by atoms with Gasteiger partial charge in [0.1, 0.15) is 0 Å². The smallest absolute Gasteiger partial charge is 0.358 e. The molecule has 1 aliphatic heterocycles. The lowest BCUT2D eigenvalue weighted by molar-refractivity contribution is -0.124. The summed E-state index contributed by atoms with van der Waals surface area (Å²) in [6.45, 7) is 5.71. The minimum Gasteiger partial charge on any atom is -0.476 e. The fourth-order valence-corrected chi connectivity index (χ4v) is 2.02. The second kappa shape index (κ2) is 6.00. The molecule has 110 valence electrons. The van der Waals surface area contributed by atoms with E-state index in [1.54, 1.807) is 4.68 Å². The number of aromatic nitrogens is 3. The van der Waals surface area contributed by atoms with E-state index in [4.69, 9.17) is 5.11 Å². The lowest BCUT2D eigenvalue weighted by Gasteiger charge is -2.38. The second-order valence-corrected chi connectivity index (χ2v) is 5.11. The Bertz CT molecular complexity index is 495. The van der Waals surface area contributed by atoms with Crippen LogP contribution in [-0.2, 0) is 4.79 Å². The molecule has 2 N–H and O–H groups in total. The van der Waals surface area contributed by atoms with Crippen LogP contribution in [0.3, 0.4) is 0 Å². The zero-order chi connectivity index (χ0) is 14.7. The Morgan fingerprint density at radius 2 is 2.25 bits per heavy atom. The molecule has 2 heterocycles. The summed E-state index contributed by atoms with van der Waals surface area (Å²) >= 11 is 0. The van der Waals surface area contributed by atoms with E-state index in [1.165, 1.54) is 6.20 Å². The molecule has 0 aliphatic carbocycles. The molecule has 1 aliphatic rings. The summed E-state index contributed by atoms with van der Waals surface area (Å²) in [6, 6.07) is 0.278. The lowest BCUT2D eigenvalue weighted by Crippen LogP contribution is -2.52. The van der Waals surface area contributed by atoms with Crippen LogP contribution in [0.15, 0.2) is 6.20 Å². The zero-order valence-electron chi connectivity index (χ0n) is 11.6. The molecule has 0 spiro atoms. The van der Waals surface area contributed by atoms with Crippen LogP contribution in [0.25, 0.3) is 0 Å².